The first kappa shape index (κ1) is 22.9. The Morgan fingerprint density at radius 2 is 1.91 bits per heavy atom. The number of rotatable bonds is 7. The van der Waals surface area contributed by atoms with Crippen LogP contribution in [0.1, 0.15) is 25.0 Å². The third kappa shape index (κ3) is 5.08. The molecule has 1 aliphatic heterocycles. The molecule has 0 bridgehead atoms. The summed E-state index contributed by atoms with van der Waals surface area (Å²) in [6, 6.07) is 9.04. The third-order valence-electron chi connectivity index (χ3n) is 4.41. The molecule has 0 aromatic heterocycles. The number of ether oxygens (including phenoxy) is 2. The minimum Gasteiger partial charge on any atom is -0.490 e. The van der Waals surface area contributed by atoms with Crippen LogP contribution in [0.4, 0.5) is 18.9 Å². The second-order valence-electron chi connectivity index (χ2n) is 6.73. The van der Waals surface area contributed by atoms with Gasteiger partial charge in [0.25, 0.3) is 5.91 Å². The Morgan fingerprint density at radius 1 is 1.16 bits per heavy atom. The number of hydrogen-bond donors (Lipinski definition) is 1. The predicted molar refractivity (Wildman–Crippen MR) is 111 cm³/mol. The van der Waals surface area contributed by atoms with Crippen molar-refractivity contribution in [1.82, 2.24) is 0 Å². The SMILES string of the molecule is CCOc1cc(/C=C2/C(=O)N(c3cccc(C(F)(F)F)c3)N=C2C)ccc1OCC(=O)O. The first-order valence-corrected chi connectivity index (χ1v) is 9.50. The number of nitrogens with zero attached hydrogens (tertiary/aromatic N) is 2. The second-order valence-corrected chi connectivity index (χ2v) is 6.73. The van der Waals surface area contributed by atoms with Gasteiger partial charge in [-0.25, -0.2) is 4.79 Å². The number of carboxylic acid groups (broad SMARTS) is 1. The van der Waals surface area contributed by atoms with Gasteiger partial charge in [-0.15, -0.1) is 0 Å². The van der Waals surface area contributed by atoms with Gasteiger partial charge in [0.15, 0.2) is 18.1 Å². The van der Waals surface area contributed by atoms with Gasteiger partial charge in [0.1, 0.15) is 0 Å². The summed E-state index contributed by atoms with van der Waals surface area (Å²) in [4.78, 5) is 23.6. The van der Waals surface area contributed by atoms with Crippen LogP contribution in [0.2, 0.25) is 0 Å². The maximum Gasteiger partial charge on any atom is 0.416 e. The molecule has 0 atom stereocenters. The highest BCUT2D eigenvalue weighted by Gasteiger charge is 2.33. The normalized spacial score (nSPS) is 15.2. The van der Waals surface area contributed by atoms with E-state index in [0.717, 1.165) is 17.1 Å². The molecule has 0 saturated carbocycles. The summed E-state index contributed by atoms with van der Waals surface area (Å²) in [7, 11) is 0. The van der Waals surface area contributed by atoms with Crippen LogP contribution in [0.25, 0.3) is 6.08 Å². The maximum atomic E-state index is 13.0. The topological polar surface area (TPSA) is 88.4 Å². The highest BCUT2D eigenvalue weighted by atomic mass is 19.4. The molecule has 1 heterocycles. The van der Waals surface area contributed by atoms with Crippen molar-refractivity contribution in [2.45, 2.75) is 20.0 Å². The van der Waals surface area contributed by atoms with Crippen molar-refractivity contribution in [3.05, 3.63) is 59.2 Å². The maximum absolute atomic E-state index is 13.0. The van der Waals surface area contributed by atoms with Gasteiger partial charge in [0.2, 0.25) is 0 Å². The van der Waals surface area contributed by atoms with Crippen LogP contribution in [0.5, 0.6) is 11.5 Å². The molecule has 7 nitrogen and oxygen atoms in total. The summed E-state index contributed by atoms with van der Waals surface area (Å²) in [6.07, 6.45) is -3.02. The van der Waals surface area contributed by atoms with Gasteiger partial charge in [-0.3, -0.25) is 4.79 Å². The van der Waals surface area contributed by atoms with Crippen LogP contribution in [-0.2, 0) is 15.8 Å². The standard InChI is InChI=1S/C22H19F3N2O5/c1-3-31-19-10-14(7-8-18(19)32-12-20(28)29)9-17-13(2)26-27(21(17)30)16-6-4-5-15(11-16)22(23,24)25/h4-11H,3,12H2,1-2H3,(H,28,29)/b17-9+. The molecule has 1 aliphatic rings. The fraction of sp³-hybridized carbons (Fsp3) is 0.227. The van der Waals surface area contributed by atoms with Crippen molar-refractivity contribution in [1.29, 1.82) is 0 Å². The zero-order valence-electron chi connectivity index (χ0n) is 17.1. The van der Waals surface area contributed by atoms with Gasteiger partial charge in [0, 0.05) is 0 Å². The lowest BCUT2D eigenvalue weighted by molar-refractivity contribution is -0.139. The molecule has 0 unspecified atom stereocenters. The van der Waals surface area contributed by atoms with E-state index in [4.69, 9.17) is 14.6 Å². The molecule has 10 heteroatoms. The Kier molecular flexibility index (Phi) is 6.52. The molecule has 0 radical (unpaired) electrons. The van der Waals surface area contributed by atoms with Crippen molar-refractivity contribution in [2.24, 2.45) is 5.10 Å². The van der Waals surface area contributed by atoms with E-state index in [1.807, 2.05) is 0 Å². The minimum atomic E-state index is -4.55. The fourth-order valence-electron chi connectivity index (χ4n) is 2.98. The van der Waals surface area contributed by atoms with Crippen molar-refractivity contribution in [3.8, 4) is 11.5 Å². The zero-order chi connectivity index (χ0) is 23.5. The molecule has 32 heavy (non-hydrogen) atoms. The summed E-state index contributed by atoms with van der Waals surface area (Å²) in [6.45, 7) is 3.07. The van der Waals surface area contributed by atoms with Gasteiger partial charge in [-0.2, -0.15) is 23.3 Å². The Hall–Kier alpha value is -3.82. The van der Waals surface area contributed by atoms with Gasteiger partial charge >= 0.3 is 12.1 Å². The number of carboxylic acids is 1. The number of hydrazone groups is 1. The first-order valence-electron chi connectivity index (χ1n) is 9.50. The summed E-state index contributed by atoms with van der Waals surface area (Å²) in [5, 5.41) is 13.8. The summed E-state index contributed by atoms with van der Waals surface area (Å²) >= 11 is 0. The minimum absolute atomic E-state index is 0.000000994. The first-order chi connectivity index (χ1) is 15.1. The lowest BCUT2D eigenvalue weighted by atomic mass is 10.1. The van der Waals surface area contributed by atoms with Gasteiger partial charge in [-0.05, 0) is 55.8 Å². The highest BCUT2D eigenvalue weighted by molar-refractivity contribution is 6.32. The molecule has 2 aromatic rings. The zero-order valence-corrected chi connectivity index (χ0v) is 17.1. The fourth-order valence-corrected chi connectivity index (χ4v) is 2.98. The lowest BCUT2D eigenvalue weighted by Gasteiger charge is -2.14. The quantitative estimate of drug-likeness (QED) is 0.636. The van der Waals surface area contributed by atoms with E-state index in [2.05, 4.69) is 5.10 Å². The molecule has 0 fully saturated rings. The number of aliphatic carboxylic acids is 1. The molecular weight excluding hydrogens is 429 g/mol. The molecule has 0 saturated heterocycles. The van der Waals surface area contributed by atoms with Gasteiger partial charge < -0.3 is 14.6 Å². The van der Waals surface area contributed by atoms with Crippen molar-refractivity contribution in [3.63, 3.8) is 0 Å². The molecule has 168 valence electrons. The molecule has 3 rings (SSSR count). The van der Waals surface area contributed by atoms with Crippen LogP contribution in [0, 0.1) is 0 Å². The smallest absolute Gasteiger partial charge is 0.416 e. The number of benzene rings is 2. The van der Waals surface area contributed by atoms with Gasteiger partial charge in [-0.1, -0.05) is 12.1 Å². The van der Waals surface area contributed by atoms with E-state index < -0.39 is 30.2 Å². The summed E-state index contributed by atoms with van der Waals surface area (Å²) in [5.74, 6) is -1.20. The number of anilines is 1. The van der Waals surface area contributed by atoms with E-state index in [9.17, 15) is 22.8 Å². The van der Waals surface area contributed by atoms with E-state index in [0.29, 0.717) is 17.9 Å². The second kappa shape index (κ2) is 9.13. The summed E-state index contributed by atoms with van der Waals surface area (Å²) < 4.78 is 49.7. The predicted octanol–water partition coefficient (Wildman–Crippen LogP) is 4.37. The van der Waals surface area contributed by atoms with E-state index >= 15 is 0 Å². The molecule has 1 N–H and O–H groups in total. The summed E-state index contributed by atoms with van der Waals surface area (Å²) in [5.41, 5.74) is 0.187. The van der Waals surface area contributed by atoms with Crippen LogP contribution in [0.15, 0.2) is 53.1 Å². The average molecular weight is 448 g/mol. The Balaban J connectivity index is 1.90. The molecule has 0 aliphatic carbocycles. The number of carbonyl (C=O) groups is 2. The monoisotopic (exact) mass is 448 g/mol. The third-order valence-corrected chi connectivity index (χ3v) is 4.41. The van der Waals surface area contributed by atoms with Crippen molar-refractivity contribution >= 4 is 29.4 Å². The van der Waals surface area contributed by atoms with E-state index in [-0.39, 0.29) is 22.8 Å². The number of amides is 1. The molecule has 1 amide bonds. The highest BCUT2D eigenvalue weighted by Crippen LogP contribution is 2.34. The lowest BCUT2D eigenvalue weighted by Crippen LogP contribution is -2.21. The number of halogens is 3. The largest absolute Gasteiger partial charge is 0.490 e. The van der Waals surface area contributed by atoms with Crippen LogP contribution < -0.4 is 14.5 Å². The Morgan fingerprint density at radius 3 is 2.56 bits per heavy atom. The van der Waals surface area contributed by atoms with Crippen LogP contribution in [-0.4, -0.2) is 35.9 Å². The molecule has 0 spiro atoms. The number of carbonyl (C=O) groups excluding carboxylic acids is 1. The molecular formula is C22H19F3N2O5. The van der Waals surface area contributed by atoms with Gasteiger partial charge in [0.05, 0.1) is 29.1 Å². The molecule has 2 aromatic carbocycles. The van der Waals surface area contributed by atoms with Crippen LogP contribution >= 0.6 is 0 Å². The number of alkyl halides is 3. The van der Waals surface area contributed by atoms with Crippen molar-refractivity contribution in [2.75, 3.05) is 18.2 Å². The van der Waals surface area contributed by atoms with Crippen LogP contribution in [0.3, 0.4) is 0 Å². The Bertz CT molecular complexity index is 1110. The average Bonchev–Trinajstić information content (AvgIpc) is 3.01. The number of hydrogen-bond acceptors (Lipinski definition) is 5. The van der Waals surface area contributed by atoms with E-state index in [1.165, 1.54) is 24.3 Å². The van der Waals surface area contributed by atoms with E-state index in [1.54, 1.807) is 26.0 Å². The van der Waals surface area contributed by atoms with Crippen molar-refractivity contribution < 1.29 is 37.3 Å². The Labute approximate surface area is 181 Å².